The summed E-state index contributed by atoms with van der Waals surface area (Å²) in [6.45, 7) is 0. The number of halogens is 2. The van der Waals surface area contributed by atoms with Gasteiger partial charge in [-0.3, -0.25) is 9.59 Å². The quantitative estimate of drug-likeness (QED) is 0.148. The average molecular weight is 531 g/mol. The maximum atomic E-state index is 13.8. The molecule has 0 fully saturated rings. The van der Waals surface area contributed by atoms with Gasteiger partial charge in [0.15, 0.2) is 11.6 Å². The third kappa shape index (κ3) is 6.19. The van der Waals surface area contributed by atoms with Gasteiger partial charge in [0.2, 0.25) is 0 Å². The van der Waals surface area contributed by atoms with Gasteiger partial charge in [-0.05, 0) is 46.8 Å². The van der Waals surface area contributed by atoms with Crippen molar-refractivity contribution in [2.24, 2.45) is 0 Å². The fourth-order valence-corrected chi connectivity index (χ4v) is 4.26. The van der Waals surface area contributed by atoms with Crippen LogP contribution in [0, 0.1) is 11.6 Å². The molecule has 0 spiro atoms. The molecule has 0 aliphatic rings. The molecule has 0 unspecified atom stereocenters. The number of anilines is 2. The Hall–Kier alpha value is -5.36. The lowest BCUT2D eigenvalue weighted by molar-refractivity contribution is 0.103. The van der Waals surface area contributed by atoms with Crippen molar-refractivity contribution in [2.45, 2.75) is 0 Å². The van der Waals surface area contributed by atoms with Gasteiger partial charge < -0.3 is 10.6 Å². The zero-order valence-corrected chi connectivity index (χ0v) is 21.3. The molecule has 4 nitrogen and oxygen atoms in total. The smallest absolute Gasteiger partial charge is 0.187 e. The highest BCUT2D eigenvalue weighted by molar-refractivity contribution is 6.06. The number of carbonyl (C=O) groups is 2. The van der Waals surface area contributed by atoms with Crippen molar-refractivity contribution in [2.75, 3.05) is 10.6 Å². The molecule has 0 aliphatic heterocycles. The van der Waals surface area contributed by atoms with E-state index in [1.54, 1.807) is 36.5 Å². The van der Waals surface area contributed by atoms with Crippen LogP contribution in [0.25, 0.3) is 21.9 Å². The van der Waals surface area contributed by atoms with Crippen molar-refractivity contribution in [1.82, 2.24) is 0 Å². The zero-order valence-electron chi connectivity index (χ0n) is 21.3. The Balaban J connectivity index is 1.31. The highest BCUT2D eigenvalue weighted by Crippen LogP contribution is 2.29. The van der Waals surface area contributed by atoms with E-state index in [0.717, 1.165) is 45.8 Å². The second-order valence-corrected chi connectivity index (χ2v) is 9.00. The fourth-order valence-electron chi connectivity index (χ4n) is 4.26. The summed E-state index contributed by atoms with van der Waals surface area (Å²) in [5.74, 6) is -1.57. The van der Waals surface area contributed by atoms with Crippen LogP contribution in [-0.4, -0.2) is 11.6 Å². The number of hydrogen-bond donors (Lipinski definition) is 2. The molecule has 0 heterocycles. The minimum atomic E-state index is -0.619. The number of nitrogens with one attached hydrogen (secondary N) is 2. The van der Waals surface area contributed by atoms with Crippen LogP contribution in [0.5, 0.6) is 0 Å². The molecule has 0 aromatic heterocycles. The third-order valence-corrected chi connectivity index (χ3v) is 6.29. The minimum absolute atomic E-state index is 0.0545. The van der Waals surface area contributed by atoms with Crippen molar-refractivity contribution in [1.29, 1.82) is 0 Å². The highest BCUT2D eigenvalue weighted by atomic mass is 19.1. The molecule has 0 amide bonds. The predicted molar refractivity (Wildman–Crippen MR) is 156 cm³/mol. The number of allylic oxidation sites excluding steroid dienone is 2. The van der Waals surface area contributed by atoms with E-state index in [2.05, 4.69) is 10.6 Å². The number of carbonyl (C=O) groups excluding carboxylic acids is 2. The second-order valence-electron chi connectivity index (χ2n) is 9.00. The molecular weight excluding hydrogens is 506 g/mol. The maximum absolute atomic E-state index is 13.8. The van der Waals surface area contributed by atoms with E-state index in [1.165, 1.54) is 18.4 Å². The summed E-state index contributed by atoms with van der Waals surface area (Å²) in [4.78, 5) is 25.1. The molecular formula is C34H24F2N2O2. The Labute approximate surface area is 230 Å². The highest BCUT2D eigenvalue weighted by Gasteiger charge is 2.08. The van der Waals surface area contributed by atoms with Crippen molar-refractivity contribution in [3.8, 4) is 11.1 Å². The lowest BCUT2D eigenvalue weighted by Crippen LogP contribution is -1.98. The van der Waals surface area contributed by atoms with Gasteiger partial charge in [0, 0.05) is 52.8 Å². The van der Waals surface area contributed by atoms with Crippen molar-refractivity contribution in [3.63, 3.8) is 0 Å². The third-order valence-electron chi connectivity index (χ3n) is 6.29. The van der Waals surface area contributed by atoms with Gasteiger partial charge >= 0.3 is 0 Å². The van der Waals surface area contributed by atoms with Crippen LogP contribution in [0.1, 0.15) is 20.7 Å². The van der Waals surface area contributed by atoms with Gasteiger partial charge in [-0.2, -0.15) is 0 Å². The summed E-state index contributed by atoms with van der Waals surface area (Å²) in [5.41, 5.74) is 3.67. The van der Waals surface area contributed by atoms with Crippen LogP contribution < -0.4 is 10.6 Å². The number of ketones is 2. The van der Waals surface area contributed by atoms with Gasteiger partial charge in [0.25, 0.3) is 0 Å². The van der Waals surface area contributed by atoms with E-state index < -0.39 is 11.6 Å². The molecule has 0 bridgehead atoms. The number of rotatable bonds is 9. The molecule has 196 valence electrons. The van der Waals surface area contributed by atoms with Crippen LogP contribution in [0.15, 0.2) is 134 Å². The van der Waals surface area contributed by atoms with Gasteiger partial charge in [-0.25, -0.2) is 8.78 Å². The molecule has 0 atom stereocenters. The predicted octanol–water partition coefficient (Wildman–Crippen LogP) is 8.40. The summed E-state index contributed by atoms with van der Waals surface area (Å²) in [6, 6.07) is 31.2. The summed E-state index contributed by atoms with van der Waals surface area (Å²) in [7, 11) is 0. The normalized spacial score (nSPS) is 11.2. The molecule has 5 aromatic carbocycles. The molecule has 0 radical (unpaired) electrons. The number of benzene rings is 5. The minimum Gasteiger partial charge on any atom is -0.361 e. The Bertz CT molecular complexity index is 1760. The summed E-state index contributed by atoms with van der Waals surface area (Å²) >= 11 is 0. The molecule has 0 saturated carbocycles. The van der Waals surface area contributed by atoms with Gasteiger partial charge in [-0.15, -0.1) is 0 Å². The van der Waals surface area contributed by atoms with Gasteiger partial charge in [0.1, 0.15) is 11.6 Å². The average Bonchev–Trinajstić information content (AvgIpc) is 2.99. The van der Waals surface area contributed by atoms with Crippen LogP contribution in [0.4, 0.5) is 20.2 Å². The Kier molecular flexibility index (Phi) is 7.88. The Morgan fingerprint density at radius 3 is 2.05 bits per heavy atom. The first-order valence-corrected chi connectivity index (χ1v) is 12.6. The first kappa shape index (κ1) is 26.3. The molecule has 40 heavy (non-hydrogen) atoms. The molecule has 0 aliphatic carbocycles. The zero-order chi connectivity index (χ0) is 27.9. The Morgan fingerprint density at radius 1 is 0.575 bits per heavy atom. The number of fused-ring (bicyclic) bond motifs is 1. The standard InChI is InChI=1S/C34H24F2N2O2/c35-28-13-15-30(36)32(22-28)38-19-17-34(40)27-10-4-8-24(21-27)25-12-14-29-26(20-25)9-5-11-31(29)37-18-16-33(39)23-6-2-1-3-7-23/h1-22,37-38H/b18-16-,19-17-. The van der Waals surface area contributed by atoms with Crippen molar-refractivity contribution in [3.05, 3.63) is 157 Å². The monoisotopic (exact) mass is 530 g/mol. The van der Waals surface area contributed by atoms with Gasteiger partial charge in [0.05, 0.1) is 5.69 Å². The topological polar surface area (TPSA) is 58.2 Å². The van der Waals surface area contributed by atoms with E-state index >= 15 is 0 Å². The first-order valence-electron chi connectivity index (χ1n) is 12.6. The summed E-state index contributed by atoms with van der Waals surface area (Å²) < 4.78 is 27.1. The lowest BCUT2D eigenvalue weighted by atomic mass is 9.98. The van der Waals surface area contributed by atoms with Crippen molar-refractivity contribution >= 4 is 33.7 Å². The number of hydrogen-bond acceptors (Lipinski definition) is 4. The SMILES string of the molecule is O=C(/C=C\Nc1cccc2cc(-c3cccc(C(=O)/C=C\Nc4cc(F)ccc4F)c3)ccc12)c1ccccc1. The largest absolute Gasteiger partial charge is 0.361 e. The van der Waals surface area contributed by atoms with E-state index in [-0.39, 0.29) is 17.3 Å². The molecule has 0 saturated heterocycles. The molecule has 5 rings (SSSR count). The maximum Gasteiger partial charge on any atom is 0.187 e. The fraction of sp³-hybridized carbons (Fsp3) is 0. The molecule has 2 N–H and O–H groups in total. The molecule has 6 heteroatoms. The van der Waals surface area contributed by atoms with Crippen molar-refractivity contribution < 1.29 is 18.4 Å². The van der Waals surface area contributed by atoms with Gasteiger partial charge in [-0.1, -0.05) is 72.8 Å². The van der Waals surface area contributed by atoms with Crippen LogP contribution in [0.3, 0.4) is 0 Å². The second kappa shape index (κ2) is 12.0. The molecule has 5 aromatic rings. The van der Waals surface area contributed by atoms with Crippen LogP contribution in [-0.2, 0) is 0 Å². The summed E-state index contributed by atoms with van der Waals surface area (Å²) in [5, 5.41) is 7.78. The van der Waals surface area contributed by atoms with Crippen LogP contribution in [0.2, 0.25) is 0 Å². The van der Waals surface area contributed by atoms with E-state index in [4.69, 9.17) is 0 Å². The van der Waals surface area contributed by atoms with E-state index in [9.17, 15) is 18.4 Å². The van der Waals surface area contributed by atoms with Crippen LogP contribution >= 0.6 is 0 Å². The Morgan fingerprint density at radius 2 is 1.25 bits per heavy atom. The van der Waals surface area contributed by atoms with E-state index in [1.807, 2.05) is 60.7 Å². The summed E-state index contributed by atoms with van der Waals surface area (Å²) in [6.07, 6.45) is 5.71. The van der Waals surface area contributed by atoms with E-state index in [0.29, 0.717) is 11.1 Å². The first-order chi connectivity index (χ1) is 19.5. The lowest BCUT2D eigenvalue weighted by Gasteiger charge is -2.09.